The Balaban J connectivity index is 1.94. The van der Waals surface area contributed by atoms with Crippen molar-refractivity contribution < 1.29 is 13.2 Å². The van der Waals surface area contributed by atoms with Crippen LogP contribution in [-0.2, 0) is 0 Å². The van der Waals surface area contributed by atoms with Crippen molar-refractivity contribution in [3.63, 3.8) is 0 Å². The molecular formula is C15H12F3N3O2. The number of fused-ring (bicyclic) bond motifs is 1. The molecule has 2 aromatic carbocycles. The third-order valence-electron chi connectivity index (χ3n) is 3.53. The summed E-state index contributed by atoms with van der Waals surface area (Å²) in [4.78, 5) is 27.1. The van der Waals surface area contributed by atoms with Crippen LogP contribution in [0.3, 0.4) is 0 Å². The van der Waals surface area contributed by atoms with Gasteiger partial charge in [-0.2, -0.15) is 13.2 Å². The molecule has 0 radical (unpaired) electrons. The van der Waals surface area contributed by atoms with Gasteiger partial charge >= 0.3 is 6.18 Å². The molecule has 1 aromatic heterocycles. The Bertz CT molecular complexity index is 936. The monoisotopic (exact) mass is 323 g/mol. The number of alkyl halides is 3. The topological polar surface area (TPSA) is 65.2 Å². The van der Waals surface area contributed by atoms with Gasteiger partial charge in [0.2, 0.25) is 0 Å². The van der Waals surface area contributed by atoms with E-state index in [1.807, 2.05) is 12.1 Å². The Morgan fingerprint density at radius 3 is 2.57 bits per heavy atom. The number of hydrogen-bond donors (Lipinski definition) is 2. The normalized spacial score (nSPS) is 12.0. The number of anilines is 3. The molecule has 0 aliphatic rings. The number of para-hydroxylation sites is 1. The zero-order valence-electron chi connectivity index (χ0n) is 12.0. The van der Waals surface area contributed by atoms with E-state index in [1.165, 1.54) is 0 Å². The van der Waals surface area contributed by atoms with Gasteiger partial charge in [0.1, 0.15) is 17.9 Å². The third kappa shape index (κ3) is 2.67. The smallest absolute Gasteiger partial charge is 0.361 e. The summed E-state index contributed by atoms with van der Waals surface area (Å²) in [5.41, 5.74) is -0.782. The summed E-state index contributed by atoms with van der Waals surface area (Å²) in [6.07, 6.45) is -2.87. The lowest BCUT2D eigenvalue weighted by Gasteiger charge is -2.24. The van der Waals surface area contributed by atoms with Gasteiger partial charge < -0.3 is 15.2 Å². The van der Waals surface area contributed by atoms with Gasteiger partial charge in [-0.05, 0) is 6.07 Å². The second-order valence-electron chi connectivity index (χ2n) is 5.23. The molecule has 1 heterocycles. The van der Waals surface area contributed by atoms with Crippen LogP contribution < -0.4 is 21.1 Å². The first kappa shape index (κ1) is 15.1. The number of rotatable bonds is 4. The van der Waals surface area contributed by atoms with E-state index in [0.717, 1.165) is 22.9 Å². The van der Waals surface area contributed by atoms with Crippen molar-refractivity contribution in [3.8, 4) is 0 Å². The van der Waals surface area contributed by atoms with Crippen LogP contribution >= 0.6 is 0 Å². The van der Waals surface area contributed by atoms with Crippen LogP contribution in [0.15, 0.2) is 40.1 Å². The minimum Gasteiger partial charge on any atom is -0.361 e. The van der Waals surface area contributed by atoms with Crippen molar-refractivity contribution in [2.45, 2.75) is 6.18 Å². The molecular weight excluding hydrogens is 311 g/mol. The van der Waals surface area contributed by atoms with E-state index in [4.69, 9.17) is 0 Å². The highest BCUT2D eigenvalue weighted by Gasteiger charge is 2.33. The first-order valence-corrected chi connectivity index (χ1v) is 6.72. The van der Waals surface area contributed by atoms with Crippen LogP contribution in [0, 0.1) is 0 Å². The fourth-order valence-corrected chi connectivity index (χ4v) is 2.52. The Hall–Kier alpha value is -2.77. The lowest BCUT2D eigenvalue weighted by atomic mass is 10.1. The van der Waals surface area contributed by atoms with Crippen molar-refractivity contribution >= 4 is 28.0 Å². The quantitative estimate of drug-likeness (QED) is 0.724. The van der Waals surface area contributed by atoms with Crippen molar-refractivity contribution in [3.05, 3.63) is 50.9 Å². The third-order valence-corrected chi connectivity index (χ3v) is 3.53. The van der Waals surface area contributed by atoms with E-state index < -0.39 is 23.6 Å². The summed E-state index contributed by atoms with van der Waals surface area (Å²) >= 11 is 0. The molecule has 0 atom stereocenters. The summed E-state index contributed by atoms with van der Waals surface area (Å²) in [7, 11) is 1.13. The molecule has 0 aliphatic heterocycles. The molecule has 0 aliphatic carbocycles. The Labute approximate surface area is 128 Å². The number of halogens is 3. The molecule has 23 heavy (non-hydrogen) atoms. The van der Waals surface area contributed by atoms with Crippen molar-refractivity contribution in [2.24, 2.45) is 0 Å². The average Bonchev–Trinajstić information content (AvgIpc) is 2.88. The van der Waals surface area contributed by atoms with E-state index in [9.17, 15) is 22.8 Å². The summed E-state index contributed by atoms with van der Waals surface area (Å²) in [5, 5.41) is 3.54. The largest absolute Gasteiger partial charge is 0.405 e. The zero-order valence-corrected chi connectivity index (χ0v) is 12.0. The van der Waals surface area contributed by atoms with Crippen LogP contribution in [-0.4, -0.2) is 24.8 Å². The number of benzene rings is 1. The molecule has 0 bridgehead atoms. The summed E-state index contributed by atoms with van der Waals surface area (Å²) < 4.78 is 37.4. The Kier molecular flexibility index (Phi) is 3.39. The van der Waals surface area contributed by atoms with Crippen molar-refractivity contribution in [1.82, 2.24) is 4.98 Å². The lowest BCUT2D eigenvalue weighted by molar-refractivity contribution is -0.119. The van der Waals surface area contributed by atoms with E-state index in [1.54, 1.807) is 18.3 Å². The lowest BCUT2D eigenvalue weighted by Crippen LogP contribution is -2.43. The molecule has 0 fully saturated rings. The van der Waals surface area contributed by atoms with E-state index in [0.29, 0.717) is 5.69 Å². The standard InChI is InChI=1S/C15H12F3N3O2/c1-21(7-15(16,17)18)12-11(13(22)14(12)23)20-10-6-19-9-5-3-2-4-8(9)10/h2-6,19-20H,7H2,1H3. The number of nitrogens with zero attached hydrogens (tertiary/aromatic N) is 1. The first-order valence-electron chi connectivity index (χ1n) is 6.72. The van der Waals surface area contributed by atoms with Gasteiger partial charge in [0, 0.05) is 24.1 Å². The second-order valence-corrected chi connectivity index (χ2v) is 5.23. The van der Waals surface area contributed by atoms with Gasteiger partial charge in [0.05, 0.1) is 5.69 Å². The summed E-state index contributed by atoms with van der Waals surface area (Å²) in [5.74, 6) is 0. The number of nitrogens with one attached hydrogen (secondary N) is 2. The second kappa shape index (κ2) is 5.15. The highest BCUT2D eigenvalue weighted by atomic mass is 19.4. The Morgan fingerprint density at radius 2 is 1.87 bits per heavy atom. The van der Waals surface area contributed by atoms with Crippen LogP contribution in [0.25, 0.3) is 10.9 Å². The van der Waals surface area contributed by atoms with Gasteiger partial charge in [-0.15, -0.1) is 0 Å². The molecule has 0 amide bonds. The van der Waals surface area contributed by atoms with Gasteiger partial charge in [0.15, 0.2) is 0 Å². The van der Waals surface area contributed by atoms with Gasteiger partial charge in [0.25, 0.3) is 10.9 Å². The first-order chi connectivity index (χ1) is 10.8. The van der Waals surface area contributed by atoms with Gasteiger partial charge in [-0.1, -0.05) is 18.2 Å². The van der Waals surface area contributed by atoms with E-state index >= 15 is 0 Å². The van der Waals surface area contributed by atoms with E-state index in [-0.39, 0.29) is 11.4 Å². The molecule has 3 rings (SSSR count). The van der Waals surface area contributed by atoms with Crippen LogP contribution in [0.4, 0.5) is 30.2 Å². The number of aromatic nitrogens is 1. The fourth-order valence-electron chi connectivity index (χ4n) is 2.52. The van der Waals surface area contributed by atoms with E-state index in [2.05, 4.69) is 10.3 Å². The molecule has 0 unspecified atom stereocenters. The average molecular weight is 323 g/mol. The molecule has 0 saturated carbocycles. The van der Waals surface area contributed by atoms with Crippen LogP contribution in [0.1, 0.15) is 0 Å². The minimum absolute atomic E-state index is 0.119. The molecule has 8 heteroatoms. The maximum absolute atomic E-state index is 12.5. The summed E-state index contributed by atoms with van der Waals surface area (Å²) in [6.45, 7) is -1.31. The SMILES string of the molecule is CN(CC(F)(F)F)c1c(Nc2c[nH]c3ccccc23)c(=O)c1=O. The predicted octanol–water partition coefficient (Wildman–Crippen LogP) is 2.51. The minimum atomic E-state index is -4.47. The molecule has 2 N–H and O–H groups in total. The van der Waals surface area contributed by atoms with Crippen LogP contribution in [0.5, 0.6) is 0 Å². The zero-order chi connectivity index (χ0) is 16.8. The maximum Gasteiger partial charge on any atom is 0.405 e. The van der Waals surface area contributed by atoms with Crippen molar-refractivity contribution in [2.75, 3.05) is 23.8 Å². The molecule has 5 nitrogen and oxygen atoms in total. The highest BCUT2D eigenvalue weighted by molar-refractivity contribution is 5.95. The molecule has 0 spiro atoms. The Morgan fingerprint density at radius 1 is 1.17 bits per heavy atom. The van der Waals surface area contributed by atoms with Crippen LogP contribution in [0.2, 0.25) is 0 Å². The van der Waals surface area contributed by atoms with Crippen molar-refractivity contribution in [1.29, 1.82) is 0 Å². The van der Waals surface area contributed by atoms with Gasteiger partial charge in [-0.25, -0.2) is 0 Å². The molecule has 120 valence electrons. The number of H-pyrrole nitrogens is 1. The number of aromatic amines is 1. The fraction of sp³-hybridized carbons (Fsp3) is 0.200. The summed E-state index contributed by atoms with van der Waals surface area (Å²) in [6, 6.07) is 7.22. The molecule has 3 aromatic rings. The number of hydrogen-bond acceptors (Lipinski definition) is 4. The predicted molar refractivity (Wildman–Crippen MR) is 82.3 cm³/mol. The molecule has 0 saturated heterocycles. The van der Waals surface area contributed by atoms with Gasteiger partial charge in [-0.3, -0.25) is 9.59 Å². The highest BCUT2D eigenvalue weighted by Crippen LogP contribution is 2.30. The maximum atomic E-state index is 12.5.